The minimum atomic E-state index is 0.293. The van der Waals surface area contributed by atoms with E-state index in [9.17, 15) is 0 Å². The van der Waals surface area contributed by atoms with Crippen LogP contribution < -0.4 is 5.32 Å². The molecule has 1 saturated heterocycles. The third-order valence-corrected chi connectivity index (χ3v) is 4.68. The van der Waals surface area contributed by atoms with Crippen molar-refractivity contribution < 1.29 is 4.42 Å². The topological polar surface area (TPSA) is 31.6 Å². The molecule has 0 unspecified atom stereocenters. The first-order valence-electron chi connectivity index (χ1n) is 8.28. The maximum Gasteiger partial charge on any atom is 0.122 e. The molecule has 2 aliphatic rings. The minimum Gasteiger partial charge on any atom is -0.468 e. The number of hydrogen-bond acceptors (Lipinski definition) is 4. The van der Waals surface area contributed by atoms with Gasteiger partial charge in [0.2, 0.25) is 0 Å². The van der Waals surface area contributed by atoms with Gasteiger partial charge in [0.15, 0.2) is 0 Å². The second kappa shape index (κ2) is 6.11. The molecule has 3 rings (SSSR count). The Labute approximate surface area is 128 Å². The van der Waals surface area contributed by atoms with Crippen molar-refractivity contribution in [3.8, 4) is 0 Å². The Hall–Kier alpha value is -0.840. The molecular weight excluding hydrogens is 262 g/mol. The molecule has 1 aliphatic heterocycles. The molecular formula is C17H29N3O. The number of nitrogens with one attached hydrogen (secondary N) is 1. The number of nitrogens with zero attached hydrogens (tertiary/aromatic N) is 2. The maximum atomic E-state index is 5.66. The lowest BCUT2D eigenvalue weighted by atomic mass is 10.0. The van der Waals surface area contributed by atoms with Gasteiger partial charge in [0.25, 0.3) is 0 Å². The van der Waals surface area contributed by atoms with E-state index >= 15 is 0 Å². The van der Waals surface area contributed by atoms with Crippen LogP contribution in [0, 0.1) is 0 Å². The minimum absolute atomic E-state index is 0.293. The summed E-state index contributed by atoms with van der Waals surface area (Å²) in [7, 11) is 0. The summed E-state index contributed by atoms with van der Waals surface area (Å²) in [5.41, 5.74) is 1.65. The molecule has 118 valence electrons. The highest BCUT2D eigenvalue weighted by atomic mass is 16.3. The van der Waals surface area contributed by atoms with Crippen molar-refractivity contribution in [2.75, 3.05) is 26.2 Å². The molecule has 1 aliphatic carbocycles. The van der Waals surface area contributed by atoms with Crippen LogP contribution in [0.1, 0.15) is 44.9 Å². The molecule has 0 amide bonds. The first-order chi connectivity index (χ1) is 10.0. The van der Waals surface area contributed by atoms with E-state index in [0.717, 1.165) is 51.1 Å². The van der Waals surface area contributed by atoms with Gasteiger partial charge in [0, 0.05) is 49.9 Å². The zero-order valence-electron chi connectivity index (χ0n) is 13.7. The van der Waals surface area contributed by atoms with Crippen LogP contribution in [0.3, 0.4) is 0 Å². The van der Waals surface area contributed by atoms with Crippen molar-refractivity contribution in [1.29, 1.82) is 0 Å². The first kappa shape index (κ1) is 15.1. The van der Waals surface area contributed by atoms with Crippen LogP contribution >= 0.6 is 0 Å². The Morgan fingerprint density at radius 2 is 1.90 bits per heavy atom. The summed E-state index contributed by atoms with van der Waals surface area (Å²) in [5.74, 6) is 1.13. The van der Waals surface area contributed by atoms with Crippen LogP contribution in [-0.4, -0.2) is 47.6 Å². The van der Waals surface area contributed by atoms with E-state index in [4.69, 9.17) is 4.42 Å². The van der Waals surface area contributed by atoms with E-state index in [1.165, 1.54) is 18.4 Å². The zero-order valence-corrected chi connectivity index (χ0v) is 13.7. The average Bonchev–Trinajstić information content (AvgIpc) is 3.17. The Kier molecular flexibility index (Phi) is 4.38. The fraction of sp³-hybridized carbons (Fsp3) is 0.765. The number of hydrogen-bond donors (Lipinski definition) is 1. The van der Waals surface area contributed by atoms with Crippen LogP contribution in [0.25, 0.3) is 0 Å². The molecule has 2 heterocycles. The first-order valence-corrected chi connectivity index (χ1v) is 8.28. The average molecular weight is 291 g/mol. The molecule has 21 heavy (non-hydrogen) atoms. The lowest BCUT2D eigenvalue weighted by Gasteiger charge is -2.42. The fourth-order valence-electron chi connectivity index (χ4n) is 3.01. The lowest BCUT2D eigenvalue weighted by Crippen LogP contribution is -2.53. The third kappa shape index (κ3) is 4.09. The summed E-state index contributed by atoms with van der Waals surface area (Å²) in [4.78, 5) is 5.13. The highest BCUT2D eigenvalue weighted by molar-refractivity contribution is 5.17. The van der Waals surface area contributed by atoms with Crippen molar-refractivity contribution in [1.82, 2.24) is 15.1 Å². The van der Waals surface area contributed by atoms with Crippen LogP contribution in [0.2, 0.25) is 0 Å². The standard InChI is InChI=1S/C17H29N3O/c1-17(2,3)20-9-7-19(8-10-20)13-14-6-11-21-16(14)12-18-15-4-5-15/h6,11,15,18H,4-5,7-10,12-13H2,1-3H3. The molecule has 1 aromatic heterocycles. The summed E-state index contributed by atoms with van der Waals surface area (Å²) in [6.07, 6.45) is 4.49. The third-order valence-electron chi connectivity index (χ3n) is 4.68. The van der Waals surface area contributed by atoms with Gasteiger partial charge >= 0.3 is 0 Å². The zero-order chi connectivity index (χ0) is 14.9. The molecule has 0 atom stereocenters. The van der Waals surface area contributed by atoms with Crippen molar-refractivity contribution in [3.63, 3.8) is 0 Å². The second-order valence-corrected chi connectivity index (χ2v) is 7.46. The van der Waals surface area contributed by atoms with E-state index < -0.39 is 0 Å². The van der Waals surface area contributed by atoms with E-state index in [1.54, 1.807) is 0 Å². The molecule has 0 radical (unpaired) electrons. The molecule has 1 aromatic rings. The van der Waals surface area contributed by atoms with Crippen molar-refractivity contribution in [2.24, 2.45) is 0 Å². The van der Waals surface area contributed by atoms with Gasteiger partial charge in [-0.25, -0.2) is 0 Å². The molecule has 0 bridgehead atoms. The van der Waals surface area contributed by atoms with Crippen LogP contribution in [-0.2, 0) is 13.1 Å². The van der Waals surface area contributed by atoms with Crippen molar-refractivity contribution >= 4 is 0 Å². The van der Waals surface area contributed by atoms with Gasteiger partial charge in [-0.15, -0.1) is 0 Å². The normalized spacial score (nSPS) is 21.9. The number of furan rings is 1. The van der Waals surface area contributed by atoms with E-state index in [0.29, 0.717) is 5.54 Å². The Morgan fingerprint density at radius 1 is 1.19 bits per heavy atom. The van der Waals surface area contributed by atoms with Gasteiger partial charge in [0.1, 0.15) is 5.76 Å². The SMILES string of the molecule is CC(C)(C)N1CCN(Cc2ccoc2CNC2CC2)CC1. The molecule has 0 aromatic carbocycles. The molecule has 0 spiro atoms. The summed E-state index contributed by atoms with van der Waals surface area (Å²) < 4.78 is 5.66. The van der Waals surface area contributed by atoms with Gasteiger partial charge in [0.05, 0.1) is 12.8 Å². The van der Waals surface area contributed by atoms with E-state index in [1.807, 2.05) is 6.26 Å². The second-order valence-electron chi connectivity index (χ2n) is 7.46. The highest BCUT2D eigenvalue weighted by Gasteiger charge is 2.26. The van der Waals surface area contributed by atoms with Gasteiger partial charge in [-0.05, 0) is 39.7 Å². The highest BCUT2D eigenvalue weighted by Crippen LogP contribution is 2.22. The number of piperazine rings is 1. The Morgan fingerprint density at radius 3 is 2.52 bits per heavy atom. The summed E-state index contributed by atoms with van der Waals surface area (Å²) in [6, 6.07) is 2.87. The Bertz CT molecular complexity index is 451. The van der Waals surface area contributed by atoms with Gasteiger partial charge in [-0.2, -0.15) is 0 Å². The summed E-state index contributed by atoms with van der Waals surface area (Å²) in [5, 5.41) is 3.54. The lowest BCUT2D eigenvalue weighted by molar-refractivity contribution is 0.0588. The molecule has 4 nitrogen and oxygen atoms in total. The van der Waals surface area contributed by atoms with E-state index in [2.05, 4.69) is 42.0 Å². The van der Waals surface area contributed by atoms with Gasteiger partial charge < -0.3 is 9.73 Å². The van der Waals surface area contributed by atoms with Crippen LogP contribution in [0.4, 0.5) is 0 Å². The molecule has 1 N–H and O–H groups in total. The van der Waals surface area contributed by atoms with Gasteiger partial charge in [-0.1, -0.05) is 0 Å². The molecule has 1 saturated carbocycles. The van der Waals surface area contributed by atoms with Crippen LogP contribution in [0.15, 0.2) is 16.7 Å². The van der Waals surface area contributed by atoms with Crippen LogP contribution in [0.5, 0.6) is 0 Å². The van der Waals surface area contributed by atoms with Crippen molar-refractivity contribution in [3.05, 3.63) is 23.7 Å². The predicted octanol–water partition coefficient (Wildman–Crippen LogP) is 2.45. The van der Waals surface area contributed by atoms with Crippen molar-refractivity contribution in [2.45, 2.75) is 58.3 Å². The Balaban J connectivity index is 1.49. The quantitative estimate of drug-likeness (QED) is 0.903. The van der Waals surface area contributed by atoms with Gasteiger partial charge in [-0.3, -0.25) is 9.80 Å². The smallest absolute Gasteiger partial charge is 0.122 e. The fourth-order valence-corrected chi connectivity index (χ4v) is 3.01. The monoisotopic (exact) mass is 291 g/mol. The van der Waals surface area contributed by atoms with E-state index in [-0.39, 0.29) is 0 Å². The molecule has 2 fully saturated rings. The maximum absolute atomic E-state index is 5.66. The number of rotatable bonds is 5. The summed E-state index contributed by atoms with van der Waals surface area (Å²) in [6.45, 7) is 13.5. The summed E-state index contributed by atoms with van der Waals surface area (Å²) >= 11 is 0. The predicted molar refractivity (Wildman–Crippen MR) is 85.2 cm³/mol. The molecule has 4 heteroatoms. The largest absolute Gasteiger partial charge is 0.468 e.